The predicted octanol–water partition coefficient (Wildman–Crippen LogP) is 5.93. The van der Waals surface area contributed by atoms with E-state index < -0.39 is 44.7 Å². The van der Waals surface area contributed by atoms with E-state index in [1.807, 2.05) is 6.08 Å². The first kappa shape index (κ1) is 22.9. The maximum Gasteiger partial charge on any atom is 0.339 e. The number of allylic oxidation sites excluding steroid dienone is 4. The second kappa shape index (κ2) is 7.93. The number of hydrogen-bond acceptors (Lipinski definition) is 3. The molecule has 0 N–H and O–H groups in total. The molecule has 3 fully saturated rings. The lowest BCUT2D eigenvalue weighted by Gasteiger charge is -2.63. The molecule has 0 bridgehead atoms. The molecule has 0 aromatic carbocycles. The van der Waals surface area contributed by atoms with Gasteiger partial charge in [-0.05, 0) is 62.5 Å². The molecular weight excluding hydrogens is 473 g/mol. The first-order valence-corrected chi connectivity index (χ1v) is 12.1. The minimum atomic E-state index is -1.28. The lowest BCUT2D eigenvalue weighted by atomic mass is 9.47. The van der Waals surface area contributed by atoms with E-state index >= 15 is 0 Å². The van der Waals surface area contributed by atoms with Crippen LogP contribution in [0.3, 0.4) is 0 Å². The minimum Gasteiger partial charge on any atom is -0.460 e. The number of ether oxygens (including phenoxy) is 1. The molecule has 0 aromatic heterocycles. The highest BCUT2D eigenvalue weighted by Crippen LogP contribution is 2.70. The van der Waals surface area contributed by atoms with Crippen molar-refractivity contribution in [3.63, 3.8) is 0 Å². The summed E-state index contributed by atoms with van der Waals surface area (Å²) in [6.07, 6.45) is 8.26. The average molecular weight is 498 g/mol. The van der Waals surface area contributed by atoms with Crippen molar-refractivity contribution in [1.29, 1.82) is 0 Å². The quantitative estimate of drug-likeness (QED) is 0.357. The van der Waals surface area contributed by atoms with Crippen LogP contribution in [0.4, 0.5) is 4.39 Å². The number of fused-ring (bicyclic) bond motifs is 5. The minimum absolute atomic E-state index is 0.00784. The van der Waals surface area contributed by atoms with Gasteiger partial charge in [-0.15, -0.1) is 23.2 Å². The van der Waals surface area contributed by atoms with Crippen molar-refractivity contribution in [3.05, 3.63) is 23.8 Å². The van der Waals surface area contributed by atoms with Gasteiger partial charge in [-0.3, -0.25) is 9.18 Å². The summed E-state index contributed by atoms with van der Waals surface area (Å²) in [6, 6.07) is 0. The Bertz CT molecular complexity index is 814. The SMILES string of the molecule is C[C@]12C=CC(=O)C=C1CC[C@H]1[C@@H]3CC[C@@H](OC(=O)C(Cl)Cl)[C@@]3(CCF)C[C@H](Cl)[C@@]12Cl. The molecular formula is C22H25Cl4FO3. The Morgan fingerprint density at radius 3 is 2.70 bits per heavy atom. The lowest BCUT2D eigenvalue weighted by molar-refractivity contribution is -0.158. The smallest absolute Gasteiger partial charge is 0.339 e. The summed E-state index contributed by atoms with van der Waals surface area (Å²) >= 11 is 25.9. The summed E-state index contributed by atoms with van der Waals surface area (Å²) < 4.78 is 19.5. The van der Waals surface area contributed by atoms with Crippen molar-refractivity contribution in [2.24, 2.45) is 22.7 Å². The van der Waals surface area contributed by atoms with Crippen LogP contribution < -0.4 is 0 Å². The zero-order valence-electron chi connectivity index (χ0n) is 16.7. The monoisotopic (exact) mass is 496 g/mol. The number of carbonyl (C=O) groups is 2. The van der Waals surface area contributed by atoms with Crippen molar-refractivity contribution >= 4 is 58.2 Å². The molecule has 7 atom stereocenters. The van der Waals surface area contributed by atoms with Gasteiger partial charge in [-0.2, -0.15) is 0 Å². The summed E-state index contributed by atoms with van der Waals surface area (Å²) in [5.41, 5.74) is -0.127. The van der Waals surface area contributed by atoms with Gasteiger partial charge in [0.1, 0.15) is 6.10 Å². The number of rotatable bonds is 4. The summed E-state index contributed by atoms with van der Waals surface area (Å²) in [5.74, 6) is -0.662. The molecule has 0 aliphatic heterocycles. The van der Waals surface area contributed by atoms with E-state index in [2.05, 4.69) is 6.92 Å². The molecule has 4 rings (SSSR count). The van der Waals surface area contributed by atoms with Gasteiger partial charge in [-0.1, -0.05) is 41.8 Å². The lowest BCUT2D eigenvalue weighted by Crippen LogP contribution is -2.65. The van der Waals surface area contributed by atoms with Crippen molar-refractivity contribution in [2.45, 2.75) is 66.6 Å². The van der Waals surface area contributed by atoms with Crippen molar-refractivity contribution < 1.29 is 18.7 Å². The molecule has 3 nitrogen and oxygen atoms in total. The summed E-state index contributed by atoms with van der Waals surface area (Å²) in [4.78, 5) is 22.0. The highest BCUT2D eigenvalue weighted by molar-refractivity contribution is 6.52. The van der Waals surface area contributed by atoms with Crippen LogP contribution in [0, 0.1) is 22.7 Å². The van der Waals surface area contributed by atoms with Crippen LogP contribution in [0.1, 0.15) is 45.4 Å². The molecule has 4 aliphatic rings. The van der Waals surface area contributed by atoms with Gasteiger partial charge in [0, 0.05) is 10.8 Å². The zero-order valence-corrected chi connectivity index (χ0v) is 19.7. The largest absolute Gasteiger partial charge is 0.460 e. The van der Waals surface area contributed by atoms with Crippen LogP contribution in [0.15, 0.2) is 23.8 Å². The topological polar surface area (TPSA) is 43.4 Å². The van der Waals surface area contributed by atoms with E-state index in [1.165, 1.54) is 0 Å². The molecule has 0 amide bonds. The second-order valence-corrected chi connectivity index (χ2v) is 11.5. The Kier molecular flexibility index (Phi) is 6.05. The van der Waals surface area contributed by atoms with Gasteiger partial charge >= 0.3 is 5.97 Å². The maximum absolute atomic E-state index is 13.8. The Morgan fingerprint density at radius 1 is 1.30 bits per heavy atom. The normalized spacial score (nSPS) is 44.9. The molecule has 0 aromatic rings. The number of ketones is 1. The molecule has 0 spiro atoms. The molecule has 30 heavy (non-hydrogen) atoms. The molecule has 4 aliphatic carbocycles. The molecule has 3 saturated carbocycles. The highest BCUT2D eigenvalue weighted by Gasteiger charge is 2.70. The Balaban J connectivity index is 1.74. The zero-order chi connectivity index (χ0) is 21.9. The third-order valence-electron chi connectivity index (χ3n) is 8.24. The average Bonchev–Trinajstić information content (AvgIpc) is 3.01. The van der Waals surface area contributed by atoms with Crippen molar-refractivity contribution in [2.75, 3.05) is 6.67 Å². The number of halogens is 5. The second-order valence-electron chi connectivity index (χ2n) is 9.27. The van der Waals surface area contributed by atoms with E-state index in [4.69, 9.17) is 51.1 Å². The Morgan fingerprint density at radius 2 is 2.03 bits per heavy atom. The fourth-order valence-electron chi connectivity index (χ4n) is 6.89. The molecule has 166 valence electrons. The molecule has 0 unspecified atom stereocenters. The number of esters is 1. The van der Waals surface area contributed by atoms with Gasteiger partial charge < -0.3 is 4.74 Å². The van der Waals surface area contributed by atoms with Gasteiger partial charge in [0.15, 0.2) is 5.78 Å². The predicted molar refractivity (Wildman–Crippen MR) is 117 cm³/mol. The maximum atomic E-state index is 13.8. The first-order valence-electron chi connectivity index (χ1n) is 10.4. The van der Waals surface area contributed by atoms with Gasteiger partial charge in [0.25, 0.3) is 0 Å². The van der Waals surface area contributed by atoms with Crippen molar-refractivity contribution in [1.82, 2.24) is 0 Å². The van der Waals surface area contributed by atoms with E-state index in [0.717, 1.165) is 24.8 Å². The Labute approximate surface area is 196 Å². The van der Waals surface area contributed by atoms with Crippen LogP contribution in [0.5, 0.6) is 0 Å². The standard InChI is InChI=1S/C22H25Cl4FO3/c1-20-7-6-13(28)10-12(20)2-3-15-14-4-5-17(30-19(29)18(24)25)21(14,8-9-27)11-16(23)22(15,20)26/h6-7,10,14-18H,2-5,8-9,11H2,1H3/t14-,15-,16-,17+,20-,21-,22-/m0/s1. The van der Waals surface area contributed by atoms with Crippen LogP contribution in [-0.4, -0.2) is 39.6 Å². The van der Waals surface area contributed by atoms with Crippen LogP contribution in [0.25, 0.3) is 0 Å². The third kappa shape index (κ3) is 3.11. The van der Waals surface area contributed by atoms with Crippen molar-refractivity contribution in [3.8, 4) is 0 Å². The summed E-state index contributed by atoms with van der Waals surface area (Å²) in [6.45, 7) is 1.52. The van der Waals surface area contributed by atoms with Crippen LogP contribution >= 0.6 is 46.4 Å². The molecule has 0 saturated heterocycles. The fraction of sp³-hybridized carbons (Fsp3) is 0.727. The summed E-state index contributed by atoms with van der Waals surface area (Å²) in [7, 11) is 0. The van der Waals surface area contributed by atoms with Gasteiger partial charge in [0.05, 0.1) is 16.9 Å². The molecule has 0 heterocycles. The van der Waals surface area contributed by atoms with E-state index in [1.54, 1.807) is 12.2 Å². The number of hydrogen-bond donors (Lipinski definition) is 0. The first-order chi connectivity index (χ1) is 14.1. The number of alkyl halides is 5. The van der Waals surface area contributed by atoms with E-state index in [0.29, 0.717) is 12.8 Å². The number of carbonyl (C=O) groups excluding carboxylic acids is 2. The fourth-order valence-corrected chi connectivity index (χ4v) is 8.19. The molecule has 0 radical (unpaired) electrons. The van der Waals surface area contributed by atoms with Gasteiger partial charge in [0.2, 0.25) is 4.84 Å². The third-order valence-corrected chi connectivity index (χ3v) is 10.1. The Hall–Kier alpha value is -0.290. The highest BCUT2D eigenvalue weighted by atomic mass is 35.5. The van der Waals surface area contributed by atoms with E-state index in [-0.39, 0.29) is 24.0 Å². The van der Waals surface area contributed by atoms with Gasteiger partial charge in [-0.25, -0.2) is 4.79 Å². The molecule has 8 heteroatoms. The van der Waals surface area contributed by atoms with Crippen LogP contribution in [-0.2, 0) is 14.3 Å². The van der Waals surface area contributed by atoms with Crippen LogP contribution in [0.2, 0.25) is 0 Å². The van der Waals surface area contributed by atoms with E-state index in [9.17, 15) is 14.0 Å². The summed E-state index contributed by atoms with van der Waals surface area (Å²) in [5, 5.41) is -0.486.